The highest BCUT2D eigenvalue weighted by Crippen LogP contribution is 2.39. The van der Waals surface area contributed by atoms with Crippen LogP contribution in [0.25, 0.3) is 10.4 Å². The predicted octanol–water partition coefficient (Wildman–Crippen LogP) is 4.21. The van der Waals surface area contributed by atoms with E-state index in [2.05, 4.69) is 5.32 Å². The van der Waals surface area contributed by atoms with Gasteiger partial charge in [-0.05, 0) is 24.5 Å². The van der Waals surface area contributed by atoms with E-state index in [9.17, 15) is 9.90 Å². The Labute approximate surface area is 150 Å². The fourth-order valence-electron chi connectivity index (χ4n) is 3.61. The summed E-state index contributed by atoms with van der Waals surface area (Å²) >= 11 is 1.32. The molecule has 25 heavy (non-hydrogen) atoms. The van der Waals surface area contributed by atoms with Gasteiger partial charge in [-0.25, -0.2) is 4.79 Å². The van der Waals surface area contributed by atoms with E-state index in [1.807, 2.05) is 36.4 Å². The van der Waals surface area contributed by atoms with Crippen LogP contribution in [0.2, 0.25) is 0 Å². The van der Waals surface area contributed by atoms with Crippen LogP contribution in [-0.2, 0) is 9.47 Å². The first kappa shape index (κ1) is 16.6. The number of anilines is 1. The topological polar surface area (TPSA) is 67.8 Å². The number of carboxylic acids is 1. The number of hydrogen-bond donors (Lipinski definition) is 2. The van der Waals surface area contributed by atoms with Crippen molar-refractivity contribution >= 4 is 23.0 Å². The Kier molecular flexibility index (Phi) is 4.50. The summed E-state index contributed by atoms with van der Waals surface area (Å²) in [5, 5.41) is 13.0. The monoisotopic (exact) mass is 359 g/mol. The van der Waals surface area contributed by atoms with Gasteiger partial charge in [-0.1, -0.05) is 30.3 Å². The summed E-state index contributed by atoms with van der Waals surface area (Å²) in [4.78, 5) is 13.0. The van der Waals surface area contributed by atoms with Crippen LogP contribution in [0.5, 0.6) is 0 Å². The van der Waals surface area contributed by atoms with E-state index in [0.717, 1.165) is 36.1 Å². The zero-order chi connectivity index (χ0) is 17.3. The van der Waals surface area contributed by atoms with Gasteiger partial charge < -0.3 is 19.9 Å². The maximum atomic E-state index is 11.6. The highest BCUT2D eigenvalue weighted by atomic mass is 32.1. The molecule has 1 saturated heterocycles. The lowest BCUT2D eigenvalue weighted by atomic mass is 9.90. The van der Waals surface area contributed by atoms with Crippen LogP contribution in [0.4, 0.5) is 5.69 Å². The first-order valence-corrected chi connectivity index (χ1v) is 9.44. The Morgan fingerprint density at radius 3 is 2.48 bits per heavy atom. The van der Waals surface area contributed by atoms with Crippen LogP contribution in [0.15, 0.2) is 36.4 Å². The summed E-state index contributed by atoms with van der Waals surface area (Å²) in [7, 11) is 0. The Bertz CT molecular complexity index is 742. The minimum absolute atomic E-state index is 0.245. The molecule has 0 amide bonds. The van der Waals surface area contributed by atoms with Crippen molar-refractivity contribution in [1.29, 1.82) is 0 Å². The molecule has 0 radical (unpaired) electrons. The molecule has 0 unspecified atom stereocenters. The van der Waals surface area contributed by atoms with Crippen molar-refractivity contribution in [2.24, 2.45) is 0 Å². The highest BCUT2D eigenvalue weighted by molar-refractivity contribution is 7.18. The Morgan fingerprint density at radius 1 is 1.16 bits per heavy atom. The quantitative estimate of drug-likeness (QED) is 0.856. The normalized spacial score (nSPS) is 20.0. The summed E-state index contributed by atoms with van der Waals surface area (Å²) in [6.45, 7) is 1.35. The van der Waals surface area contributed by atoms with Crippen LogP contribution in [0, 0.1) is 0 Å². The number of carboxylic acid groups (broad SMARTS) is 1. The number of benzene rings is 1. The molecule has 6 heteroatoms. The zero-order valence-electron chi connectivity index (χ0n) is 13.9. The Balaban J connectivity index is 1.50. The Hall–Kier alpha value is -1.89. The minimum Gasteiger partial charge on any atom is -0.477 e. The molecule has 2 heterocycles. The molecule has 132 valence electrons. The van der Waals surface area contributed by atoms with Crippen LogP contribution in [0.1, 0.15) is 35.4 Å². The first-order chi connectivity index (χ1) is 12.2. The number of rotatable bonds is 4. The summed E-state index contributed by atoms with van der Waals surface area (Å²) in [6, 6.07) is 12.1. The van der Waals surface area contributed by atoms with Crippen molar-refractivity contribution in [3.63, 3.8) is 0 Å². The average molecular weight is 359 g/mol. The van der Waals surface area contributed by atoms with Gasteiger partial charge in [0.2, 0.25) is 0 Å². The van der Waals surface area contributed by atoms with Crippen LogP contribution in [0.3, 0.4) is 0 Å². The zero-order valence-corrected chi connectivity index (χ0v) is 14.7. The van der Waals surface area contributed by atoms with Crippen LogP contribution >= 0.6 is 11.3 Å². The lowest BCUT2D eigenvalue weighted by molar-refractivity contribution is -0.177. The molecule has 1 saturated carbocycles. The lowest BCUT2D eigenvalue weighted by Crippen LogP contribution is -2.39. The molecule has 1 spiro atoms. The van der Waals surface area contributed by atoms with Crippen LogP contribution < -0.4 is 5.32 Å². The minimum atomic E-state index is -0.885. The van der Waals surface area contributed by atoms with E-state index in [4.69, 9.17) is 9.47 Å². The highest BCUT2D eigenvalue weighted by Gasteiger charge is 2.40. The lowest BCUT2D eigenvalue weighted by Gasteiger charge is -2.35. The molecule has 1 aliphatic heterocycles. The van der Waals surface area contributed by atoms with Gasteiger partial charge in [0.15, 0.2) is 5.79 Å². The van der Waals surface area contributed by atoms with E-state index >= 15 is 0 Å². The summed E-state index contributed by atoms with van der Waals surface area (Å²) in [5.74, 6) is -1.28. The third kappa shape index (κ3) is 3.42. The number of hydrogen-bond acceptors (Lipinski definition) is 5. The van der Waals surface area contributed by atoms with Gasteiger partial charge >= 0.3 is 5.97 Å². The first-order valence-electron chi connectivity index (χ1n) is 8.62. The molecule has 1 aromatic heterocycles. The SMILES string of the molecule is O=C(O)c1sc(-c2ccccc2)cc1NC1CCC2(CC1)OCCO2. The second-order valence-electron chi connectivity index (χ2n) is 6.55. The van der Waals surface area contributed by atoms with Crippen molar-refractivity contribution < 1.29 is 19.4 Å². The largest absolute Gasteiger partial charge is 0.477 e. The fourth-order valence-corrected chi connectivity index (χ4v) is 4.58. The number of nitrogens with one attached hydrogen (secondary N) is 1. The standard InChI is InChI=1S/C19H21NO4S/c21-18(22)17-15(12-16(25-17)13-4-2-1-3-5-13)20-14-6-8-19(9-7-14)23-10-11-24-19/h1-5,12,14,20H,6-11H2,(H,21,22). The van der Waals surface area contributed by atoms with Gasteiger partial charge in [0.25, 0.3) is 0 Å². The van der Waals surface area contributed by atoms with E-state index in [1.54, 1.807) is 0 Å². The third-order valence-corrected chi connectivity index (χ3v) is 6.08. The van der Waals surface area contributed by atoms with Crippen molar-refractivity contribution in [3.8, 4) is 10.4 Å². The molecule has 2 aliphatic rings. The molecule has 2 fully saturated rings. The molecular weight excluding hydrogens is 338 g/mol. The van der Waals surface area contributed by atoms with Gasteiger partial charge in [-0.2, -0.15) is 0 Å². The fraction of sp³-hybridized carbons (Fsp3) is 0.421. The number of aromatic carboxylic acids is 1. The van der Waals surface area contributed by atoms with Gasteiger partial charge in [-0.3, -0.25) is 0 Å². The molecule has 1 aromatic carbocycles. The molecule has 0 atom stereocenters. The van der Waals surface area contributed by atoms with Crippen molar-refractivity contribution in [2.75, 3.05) is 18.5 Å². The number of carbonyl (C=O) groups is 1. The Morgan fingerprint density at radius 2 is 1.84 bits per heavy atom. The second-order valence-corrected chi connectivity index (χ2v) is 7.60. The van der Waals surface area contributed by atoms with Gasteiger partial charge in [0.1, 0.15) is 4.88 Å². The molecule has 1 aliphatic carbocycles. The van der Waals surface area contributed by atoms with Crippen molar-refractivity contribution in [1.82, 2.24) is 0 Å². The maximum absolute atomic E-state index is 11.6. The molecule has 0 bridgehead atoms. The molecule has 2 N–H and O–H groups in total. The smallest absolute Gasteiger partial charge is 0.348 e. The maximum Gasteiger partial charge on any atom is 0.348 e. The molecular formula is C19H21NO4S. The van der Waals surface area contributed by atoms with E-state index in [1.165, 1.54) is 11.3 Å². The van der Waals surface area contributed by atoms with E-state index in [0.29, 0.717) is 23.8 Å². The second kappa shape index (κ2) is 6.78. The van der Waals surface area contributed by atoms with Gasteiger partial charge in [-0.15, -0.1) is 11.3 Å². The molecule has 5 nitrogen and oxygen atoms in total. The number of ether oxygens (including phenoxy) is 2. The molecule has 4 rings (SSSR count). The van der Waals surface area contributed by atoms with Gasteiger partial charge in [0.05, 0.1) is 18.9 Å². The summed E-state index contributed by atoms with van der Waals surface area (Å²) in [5.41, 5.74) is 1.75. The van der Waals surface area contributed by atoms with Crippen molar-refractivity contribution in [3.05, 3.63) is 41.3 Å². The van der Waals surface area contributed by atoms with E-state index < -0.39 is 11.8 Å². The third-order valence-electron chi connectivity index (χ3n) is 4.91. The van der Waals surface area contributed by atoms with Crippen LogP contribution in [-0.4, -0.2) is 36.1 Å². The van der Waals surface area contributed by atoms with Crippen molar-refractivity contribution in [2.45, 2.75) is 37.5 Å². The summed E-state index contributed by atoms with van der Waals surface area (Å²) < 4.78 is 11.5. The average Bonchev–Trinajstić information content (AvgIpc) is 3.25. The summed E-state index contributed by atoms with van der Waals surface area (Å²) in [6.07, 6.45) is 3.52. The predicted molar refractivity (Wildman–Crippen MR) is 97.2 cm³/mol. The molecule has 2 aromatic rings. The van der Waals surface area contributed by atoms with E-state index in [-0.39, 0.29) is 6.04 Å². The van der Waals surface area contributed by atoms with Gasteiger partial charge in [0, 0.05) is 23.8 Å². The number of thiophene rings is 1.